The van der Waals surface area contributed by atoms with Crippen LogP contribution in [0.1, 0.15) is 196 Å². The number of piperidine rings is 2. The fourth-order valence-corrected chi connectivity index (χ4v) is 9.49. The molecule has 0 bridgehead atoms. The molecule has 0 aromatic heterocycles. The summed E-state index contributed by atoms with van der Waals surface area (Å²) < 4.78 is 16.7. The van der Waals surface area contributed by atoms with Gasteiger partial charge >= 0.3 is 0 Å². The highest BCUT2D eigenvalue weighted by Crippen LogP contribution is 2.46. The van der Waals surface area contributed by atoms with Gasteiger partial charge in [0.2, 0.25) is 0 Å². The van der Waals surface area contributed by atoms with Crippen molar-refractivity contribution in [1.82, 2.24) is 9.80 Å². The van der Waals surface area contributed by atoms with Gasteiger partial charge in [-0.1, -0.05) is 110 Å². The van der Waals surface area contributed by atoms with Crippen LogP contribution in [0, 0.1) is 56.7 Å². The molecule has 57 heavy (non-hydrogen) atoms. The molecule has 1 unspecified atom stereocenters. The fourth-order valence-electron chi connectivity index (χ4n) is 9.49. The summed E-state index contributed by atoms with van der Waals surface area (Å²) in [5.41, 5.74) is 3.67. The molecule has 0 saturated carbocycles. The van der Waals surface area contributed by atoms with Crippen molar-refractivity contribution in [2.75, 3.05) is 59.7 Å². The Labute approximate surface area is 359 Å². The van der Waals surface area contributed by atoms with Crippen molar-refractivity contribution in [1.29, 1.82) is 0 Å². The van der Waals surface area contributed by atoms with Crippen LogP contribution < -0.4 is 0 Å². The Morgan fingerprint density at radius 2 is 0.789 bits per heavy atom. The van der Waals surface area contributed by atoms with Crippen LogP contribution in [-0.2, 0) is 14.2 Å². The largest absolute Gasteiger partial charge is 0.381 e. The predicted octanol–water partition coefficient (Wildman–Crippen LogP) is 14.2. The lowest BCUT2D eigenvalue weighted by Crippen LogP contribution is -2.48. The third-order valence-electron chi connectivity index (χ3n) is 14.1. The molecule has 1 atom stereocenters. The molecule has 0 radical (unpaired) electrons. The van der Waals surface area contributed by atoms with Crippen LogP contribution in [0.2, 0.25) is 0 Å². The molecule has 5 heterocycles. The van der Waals surface area contributed by atoms with Crippen LogP contribution in [0.3, 0.4) is 0 Å². The van der Waals surface area contributed by atoms with Crippen molar-refractivity contribution in [3.05, 3.63) is 12.3 Å². The highest BCUT2D eigenvalue weighted by Gasteiger charge is 2.43. The third-order valence-corrected chi connectivity index (χ3v) is 14.1. The monoisotopic (exact) mass is 805 g/mol. The first-order chi connectivity index (χ1) is 25.6. The maximum atomic E-state index is 6.09. The zero-order chi connectivity index (χ0) is 44.3. The van der Waals surface area contributed by atoms with Gasteiger partial charge in [-0.2, -0.15) is 0 Å². The number of hydrogen-bond donors (Lipinski definition) is 0. The van der Waals surface area contributed by atoms with Crippen molar-refractivity contribution in [3.8, 4) is 0 Å². The zero-order valence-corrected chi connectivity index (χ0v) is 42.7. The van der Waals surface area contributed by atoms with Gasteiger partial charge in [0, 0.05) is 45.2 Å². The van der Waals surface area contributed by atoms with Gasteiger partial charge in [0.05, 0.1) is 11.2 Å². The normalized spacial score (nSPS) is 24.7. The number of rotatable bonds is 1. The second-order valence-corrected chi connectivity index (χ2v) is 25.6. The van der Waals surface area contributed by atoms with Gasteiger partial charge in [-0.3, -0.25) is 0 Å². The molecule has 0 N–H and O–H groups in total. The first kappa shape index (κ1) is 54.4. The lowest BCUT2D eigenvalue weighted by molar-refractivity contribution is -0.185. The van der Waals surface area contributed by atoms with E-state index in [-0.39, 0.29) is 11.2 Å². The molecule has 0 aromatic rings. The average molecular weight is 805 g/mol. The summed E-state index contributed by atoms with van der Waals surface area (Å²) in [6, 6.07) is 0. The van der Waals surface area contributed by atoms with Crippen LogP contribution in [0.15, 0.2) is 12.3 Å². The van der Waals surface area contributed by atoms with E-state index < -0.39 is 0 Å². The molecular formula is C52H104N2O3. The fraction of sp³-hybridized carbons (Fsp3) is 0.962. The van der Waals surface area contributed by atoms with E-state index in [1.807, 2.05) is 0 Å². The Bertz CT molecular complexity index is 1080. The Morgan fingerprint density at radius 1 is 0.474 bits per heavy atom. The second kappa shape index (κ2) is 22.5. The molecular weight excluding hydrogens is 701 g/mol. The third kappa shape index (κ3) is 22.2. The lowest BCUT2D eigenvalue weighted by Gasteiger charge is -2.49. The molecule has 5 nitrogen and oxygen atoms in total. The summed E-state index contributed by atoms with van der Waals surface area (Å²) in [6.07, 6.45) is 11.6. The number of hydrogen-bond acceptors (Lipinski definition) is 5. The van der Waals surface area contributed by atoms with E-state index in [0.29, 0.717) is 27.1 Å². The van der Waals surface area contributed by atoms with Crippen LogP contribution in [0.25, 0.3) is 0 Å². The van der Waals surface area contributed by atoms with E-state index in [1.54, 1.807) is 0 Å². The SMILES string of the molecule is C=C(C)N1CCC(C(C)(C)C)CC1.CC(C)(C)C1CCOC1.CC(C)(C)C1CCOCC1.CC1(C)CC(C(C)(C)C)CC(C)(C)O1.CN1CCC(C(C)(C)C)CC1. The van der Waals surface area contributed by atoms with E-state index in [4.69, 9.17) is 14.2 Å². The van der Waals surface area contributed by atoms with Gasteiger partial charge in [0.15, 0.2) is 0 Å². The Hall–Kier alpha value is -0.620. The quantitative estimate of drug-likeness (QED) is 0.264. The van der Waals surface area contributed by atoms with E-state index in [0.717, 1.165) is 56.0 Å². The summed E-state index contributed by atoms with van der Waals surface area (Å²) >= 11 is 0. The van der Waals surface area contributed by atoms with Crippen LogP contribution >= 0.6 is 0 Å². The van der Waals surface area contributed by atoms with E-state index in [2.05, 4.69) is 162 Å². The zero-order valence-electron chi connectivity index (χ0n) is 42.7. The van der Waals surface area contributed by atoms with Gasteiger partial charge in [-0.05, 0) is 169 Å². The van der Waals surface area contributed by atoms with E-state index in [1.165, 1.54) is 89.7 Å². The van der Waals surface area contributed by atoms with Gasteiger partial charge in [0.1, 0.15) is 0 Å². The summed E-state index contributed by atoms with van der Waals surface area (Å²) in [6.45, 7) is 58.9. The molecule has 5 rings (SSSR count). The lowest BCUT2D eigenvalue weighted by atomic mass is 9.68. The Kier molecular flexibility index (Phi) is 21.4. The van der Waals surface area contributed by atoms with Gasteiger partial charge in [-0.15, -0.1) is 0 Å². The number of allylic oxidation sites excluding steroid dienone is 1. The van der Waals surface area contributed by atoms with Crippen LogP contribution in [0.4, 0.5) is 0 Å². The molecule has 5 saturated heterocycles. The maximum Gasteiger partial charge on any atom is 0.0636 e. The number of nitrogens with zero attached hydrogens (tertiary/aromatic N) is 2. The summed E-state index contributed by atoms with van der Waals surface area (Å²) in [7, 11) is 2.22. The van der Waals surface area contributed by atoms with Crippen molar-refractivity contribution in [2.24, 2.45) is 56.7 Å². The predicted molar refractivity (Wildman–Crippen MR) is 251 cm³/mol. The van der Waals surface area contributed by atoms with Crippen molar-refractivity contribution < 1.29 is 14.2 Å². The van der Waals surface area contributed by atoms with E-state index >= 15 is 0 Å². The van der Waals surface area contributed by atoms with E-state index in [9.17, 15) is 0 Å². The van der Waals surface area contributed by atoms with Crippen molar-refractivity contribution in [3.63, 3.8) is 0 Å². The number of ether oxygens (including phenoxy) is 3. The van der Waals surface area contributed by atoms with Gasteiger partial charge in [-0.25, -0.2) is 0 Å². The standard InChI is InChI=1S/C13H26O.C12H23N.C10H21N.C9H18O.C8H16O/c1-11(2,3)10-8-12(4,5)14-13(6,7)9-10;1-10(2)13-8-6-11(7-9-13)12(3,4)5;1-10(2,3)9-5-7-11(4)8-6-9;1-9(2,3)8-4-6-10-7-5-8;1-8(2,3)7-4-5-9-6-7/h10H,8-9H2,1-7H3;11H,1,6-9H2,2-5H3;9H,5-8H2,1-4H3;8H,4-7H2,1-3H3;7H,4-6H2,1-3H3. The molecule has 0 aliphatic carbocycles. The van der Waals surface area contributed by atoms with Crippen molar-refractivity contribution >= 4 is 0 Å². The maximum absolute atomic E-state index is 6.09. The van der Waals surface area contributed by atoms with Gasteiger partial charge < -0.3 is 24.0 Å². The summed E-state index contributed by atoms with van der Waals surface area (Å²) in [4.78, 5) is 4.84. The summed E-state index contributed by atoms with van der Waals surface area (Å²) in [5, 5.41) is 0. The summed E-state index contributed by atoms with van der Waals surface area (Å²) in [5.74, 6) is 4.27. The molecule has 5 fully saturated rings. The Balaban J connectivity index is 0.000000359. The molecule has 5 aliphatic heterocycles. The topological polar surface area (TPSA) is 34.2 Å². The number of likely N-dealkylation sites (tertiary alicyclic amines) is 2. The highest BCUT2D eigenvalue weighted by atomic mass is 16.5. The first-order valence-electron chi connectivity index (χ1n) is 23.6. The van der Waals surface area contributed by atoms with Crippen molar-refractivity contribution in [2.45, 2.75) is 207 Å². The average Bonchev–Trinajstić information content (AvgIpc) is 3.60. The van der Waals surface area contributed by atoms with Crippen LogP contribution in [-0.4, -0.2) is 80.7 Å². The molecule has 0 aromatic carbocycles. The molecule has 0 spiro atoms. The smallest absolute Gasteiger partial charge is 0.0636 e. The molecule has 5 heteroatoms. The van der Waals surface area contributed by atoms with Gasteiger partial charge in [0.25, 0.3) is 0 Å². The minimum atomic E-state index is 0.0414. The first-order valence-corrected chi connectivity index (χ1v) is 23.6. The Morgan fingerprint density at radius 3 is 1.07 bits per heavy atom. The minimum absolute atomic E-state index is 0.0414. The van der Waals surface area contributed by atoms with Crippen LogP contribution in [0.5, 0.6) is 0 Å². The minimum Gasteiger partial charge on any atom is -0.381 e. The highest BCUT2D eigenvalue weighted by molar-refractivity contribution is 4.94. The molecule has 5 aliphatic rings. The molecule has 0 amide bonds. The second-order valence-electron chi connectivity index (χ2n) is 25.6. The molecule has 340 valence electrons.